The van der Waals surface area contributed by atoms with Crippen LogP contribution in [-0.4, -0.2) is 11.6 Å². The van der Waals surface area contributed by atoms with Gasteiger partial charge in [0.05, 0.1) is 0 Å². The molecule has 0 N–H and O–H groups in total. The first kappa shape index (κ1) is 16.3. The molecule has 6 rings (SSSR count). The fourth-order valence-corrected chi connectivity index (χ4v) is 9.45. The fraction of sp³-hybridized carbons (Fsp3) is 0.917. The molecule has 6 fully saturated rings. The molecule has 0 amide bonds. The molecule has 0 aromatic heterocycles. The van der Waals surface area contributed by atoms with E-state index in [1.54, 1.807) is 0 Å². The summed E-state index contributed by atoms with van der Waals surface area (Å²) >= 11 is 0. The molecule has 0 heterocycles. The lowest BCUT2D eigenvalue weighted by Gasteiger charge is -2.49. The van der Waals surface area contributed by atoms with Crippen LogP contribution in [0.25, 0.3) is 0 Å². The van der Waals surface area contributed by atoms with Gasteiger partial charge in [0, 0.05) is 23.7 Å². The number of fused-ring (bicyclic) bond motifs is 9. The van der Waals surface area contributed by atoms with E-state index in [1.165, 1.54) is 57.8 Å². The Labute approximate surface area is 157 Å². The van der Waals surface area contributed by atoms with Gasteiger partial charge in [-0.05, 0) is 80.5 Å². The maximum atomic E-state index is 13.4. The van der Waals surface area contributed by atoms with Gasteiger partial charge in [-0.3, -0.25) is 9.59 Å². The van der Waals surface area contributed by atoms with E-state index < -0.39 is 0 Å². The second kappa shape index (κ2) is 5.92. The van der Waals surface area contributed by atoms with Gasteiger partial charge in [0.1, 0.15) is 11.6 Å². The SMILES string of the molecule is O=C1C2CCCCC2C2C1CCC1C(=O)C3CCC4CCCCC4C3C12. The highest BCUT2D eigenvalue weighted by Crippen LogP contribution is 2.65. The first-order chi connectivity index (χ1) is 12.8. The minimum atomic E-state index is 0.333. The fourth-order valence-electron chi connectivity index (χ4n) is 9.45. The smallest absolute Gasteiger partial charge is 0.139 e. The largest absolute Gasteiger partial charge is 0.299 e. The van der Waals surface area contributed by atoms with Crippen molar-refractivity contribution in [2.24, 2.45) is 59.2 Å². The van der Waals surface area contributed by atoms with E-state index >= 15 is 0 Å². The van der Waals surface area contributed by atoms with Gasteiger partial charge in [0.25, 0.3) is 0 Å². The molecular formula is C24H34O2. The first-order valence-electron chi connectivity index (χ1n) is 11.8. The Bertz CT molecular complexity index is 624. The van der Waals surface area contributed by atoms with Crippen LogP contribution >= 0.6 is 0 Å². The Morgan fingerprint density at radius 3 is 1.81 bits per heavy atom. The van der Waals surface area contributed by atoms with Crippen LogP contribution in [-0.2, 0) is 9.59 Å². The van der Waals surface area contributed by atoms with Gasteiger partial charge in [-0.2, -0.15) is 0 Å². The lowest BCUT2D eigenvalue weighted by atomic mass is 9.55. The second-order valence-electron chi connectivity index (χ2n) is 10.8. The summed E-state index contributed by atoms with van der Waals surface area (Å²) in [4.78, 5) is 26.6. The predicted octanol–water partition coefficient (Wildman–Crippen LogP) is 5.05. The third-order valence-electron chi connectivity index (χ3n) is 10.2. The van der Waals surface area contributed by atoms with Crippen LogP contribution in [0.5, 0.6) is 0 Å². The number of carbonyl (C=O) groups is 2. The lowest BCUT2D eigenvalue weighted by molar-refractivity contribution is -0.129. The molecule has 0 aromatic carbocycles. The van der Waals surface area contributed by atoms with Crippen molar-refractivity contribution in [2.75, 3.05) is 0 Å². The molecule has 10 atom stereocenters. The van der Waals surface area contributed by atoms with Crippen molar-refractivity contribution in [3.8, 4) is 0 Å². The van der Waals surface area contributed by atoms with Crippen LogP contribution < -0.4 is 0 Å². The molecule has 142 valence electrons. The van der Waals surface area contributed by atoms with Crippen LogP contribution in [0.1, 0.15) is 77.0 Å². The molecule has 10 unspecified atom stereocenters. The quantitative estimate of drug-likeness (QED) is 0.610. The summed E-state index contributed by atoms with van der Waals surface area (Å²) in [6.07, 6.45) is 15.2. The molecule has 0 spiro atoms. The molecule has 6 aliphatic carbocycles. The van der Waals surface area contributed by atoms with E-state index in [0.29, 0.717) is 58.9 Å². The zero-order valence-electron chi connectivity index (χ0n) is 16.1. The van der Waals surface area contributed by atoms with Crippen molar-refractivity contribution in [1.82, 2.24) is 0 Å². The number of ketones is 2. The predicted molar refractivity (Wildman–Crippen MR) is 100 cm³/mol. The monoisotopic (exact) mass is 354 g/mol. The van der Waals surface area contributed by atoms with Gasteiger partial charge in [0.15, 0.2) is 0 Å². The van der Waals surface area contributed by atoms with Crippen molar-refractivity contribution in [3.63, 3.8) is 0 Å². The van der Waals surface area contributed by atoms with Gasteiger partial charge < -0.3 is 0 Å². The zero-order valence-corrected chi connectivity index (χ0v) is 16.1. The van der Waals surface area contributed by atoms with Crippen molar-refractivity contribution in [2.45, 2.75) is 77.0 Å². The van der Waals surface area contributed by atoms with Crippen molar-refractivity contribution >= 4 is 11.6 Å². The standard InChI is InChI=1S/C24H34O2/c25-23-16-8-4-3-7-15(16)21-18(23)11-12-19-22(21)20-14-6-2-1-5-13(14)9-10-17(20)24(19)26/h13-22H,1-12H2. The third kappa shape index (κ3) is 2.05. The Hall–Kier alpha value is -0.660. The highest BCUT2D eigenvalue weighted by molar-refractivity contribution is 5.90. The molecule has 6 aliphatic rings. The van der Waals surface area contributed by atoms with Crippen LogP contribution in [0.3, 0.4) is 0 Å². The summed E-state index contributed by atoms with van der Waals surface area (Å²) in [6.45, 7) is 0. The van der Waals surface area contributed by atoms with Crippen LogP contribution in [0.15, 0.2) is 0 Å². The highest BCUT2D eigenvalue weighted by Gasteiger charge is 2.64. The summed E-state index contributed by atoms with van der Waals surface area (Å²) in [5, 5.41) is 0. The Kier molecular flexibility index (Phi) is 3.71. The van der Waals surface area contributed by atoms with Gasteiger partial charge >= 0.3 is 0 Å². The molecule has 26 heavy (non-hydrogen) atoms. The molecular weight excluding hydrogens is 320 g/mol. The lowest BCUT2D eigenvalue weighted by Crippen LogP contribution is -2.43. The average molecular weight is 355 g/mol. The average Bonchev–Trinajstić information content (AvgIpc) is 3.15. The number of hydrogen-bond acceptors (Lipinski definition) is 2. The molecule has 0 aromatic rings. The zero-order chi connectivity index (χ0) is 17.4. The number of rotatable bonds is 0. The Morgan fingerprint density at radius 1 is 0.462 bits per heavy atom. The summed E-state index contributed by atoms with van der Waals surface area (Å²) in [5.74, 6) is 6.89. The van der Waals surface area contributed by atoms with Crippen molar-refractivity contribution in [3.05, 3.63) is 0 Å². The number of carbonyl (C=O) groups excluding carboxylic acids is 2. The minimum absolute atomic E-state index is 0.333. The van der Waals surface area contributed by atoms with E-state index in [1.807, 2.05) is 0 Å². The van der Waals surface area contributed by atoms with E-state index in [9.17, 15) is 9.59 Å². The van der Waals surface area contributed by atoms with E-state index in [-0.39, 0.29) is 0 Å². The normalized spacial score (nSPS) is 55.5. The first-order valence-corrected chi connectivity index (χ1v) is 11.8. The second-order valence-corrected chi connectivity index (χ2v) is 10.8. The van der Waals surface area contributed by atoms with Crippen LogP contribution in [0.4, 0.5) is 0 Å². The summed E-state index contributed by atoms with van der Waals surface area (Å²) in [5.41, 5.74) is 0. The molecule has 0 saturated heterocycles. The maximum Gasteiger partial charge on any atom is 0.139 e. The molecule has 2 heteroatoms. The Morgan fingerprint density at radius 2 is 1.00 bits per heavy atom. The molecule has 0 bridgehead atoms. The van der Waals surface area contributed by atoms with Gasteiger partial charge in [-0.25, -0.2) is 0 Å². The Balaban J connectivity index is 1.40. The van der Waals surface area contributed by atoms with Crippen LogP contribution in [0.2, 0.25) is 0 Å². The summed E-state index contributed by atoms with van der Waals surface area (Å²) < 4.78 is 0. The summed E-state index contributed by atoms with van der Waals surface area (Å²) in [7, 11) is 0. The van der Waals surface area contributed by atoms with Gasteiger partial charge in [0.2, 0.25) is 0 Å². The third-order valence-corrected chi connectivity index (χ3v) is 10.2. The highest BCUT2D eigenvalue weighted by atomic mass is 16.1. The molecule has 0 aliphatic heterocycles. The summed E-state index contributed by atoms with van der Waals surface area (Å²) in [6, 6.07) is 0. The van der Waals surface area contributed by atoms with Crippen molar-refractivity contribution in [1.29, 1.82) is 0 Å². The topological polar surface area (TPSA) is 34.1 Å². The molecule has 2 nitrogen and oxygen atoms in total. The maximum absolute atomic E-state index is 13.4. The molecule has 0 radical (unpaired) electrons. The van der Waals surface area contributed by atoms with Crippen molar-refractivity contribution < 1.29 is 9.59 Å². The minimum Gasteiger partial charge on any atom is -0.299 e. The number of Topliss-reactive ketones (excluding diaryl/α,β-unsaturated/α-hetero) is 2. The van der Waals surface area contributed by atoms with E-state index in [2.05, 4.69) is 0 Å². The van der Waals surface area contributed by atoms with Gasteiger partial charge in [-0.1, -0.05) is 32.1 Å². The van der Waals surface area contributed by atoms with Crippen LogP contribution in [0, 0.1) is 59.2 Å². The molecule has 6 saturated carbocycles. The van der Waals surface area contributed by atoms with E-state index in [4.69, 9.17) is 0 Å². The number of hydrogen-bond donors (Lipinski definition) is 0. The van der Waals surface area contributed by atoms with Gasteiger partial charge in [-0.15, -0.1) is 0 Å². The van der Waals surface area contributed by atoms with E-state index in [0.717, 1.165) is 31.1 Å².